The molecule has 0 saturated heterocycles. The first-order valence-corrected chi connectivity index (χ1v) is 5.36. The van der Waals surface area contributed by atoms with Crippen molar-refractivity contribution in [3.8, 4) is 5.75 Å². The van der Waals surface area contributed by atoms with Gasteiger partial charge in [-0.3, -0.25) is 9.59 Å². The van der Waals surface area contributed by atoms with Gasteiger partial charge in [-0.1, -0.05) is 0 Å². The first-order chi connectivity index (χ1) is 8.13. The van der Waals surface area contributed by atoms with Crippen LogP contribution in [0.2, 0.25) is 0 Å². The van der Waals surface area contributed by atoms with Gasteiger partial charge in [-0.25, -0.2) is 0 Å². The molecule has 5 heteroatoms. The first-order valence-electron chi connectivity index (χ1n) is 5.36. The Bertz CT molecular complexity index is 386. The minimum atomic E-state index is -0.933. The highest BCUT2D eigenvalue weighted by molar-refractivity contribution is 5.94. The number of rotatable bonds is 6. The van der Waals surface area contributed by atoms with Crippen molar-refractivity contribution in [1.29, 1.82) is 0 Å². The maximum atomic E-state index is 11.6. The molecule has 0 bridgehead atoms. The SMILES string of the molecule is CCOc1ccc(C(=O)NCCC(=O)O)cc1. The van der Waals surface area contributed by atoms with Crippen LogP contribution in [0, 0.1) is 0 Å². The van der Waals surface area contributed by atoms with Crippen molar-refractivity contribution in [2.24, 2.45) is 0 Å². The van der Waals surface area contributed by atoms with E-state index in [1.807, 2.05) is 6.92 Å². The minimum absolute atomic E-state index is 0.0806. The van der Waals surface area contributed by atoms with Crippen molar-refractivity contribution in [3.63, 3.8) is 0 Å². The molecule has 92 valence electrons. The van der Waals surface area contributed by atoms with Gasteiger partial charge in [0.1, 0.15) is 5.75 Å². The molecule has 0 spiro atoms. The van der Waals surface area contributed by atoms with Crippen LogP contribution >= 0.6 is 0 Å². The lowest BCUT2D eigenvalue weighted by Gasteiger charge is -2.05. The largest absolute Gasteiger partial charge is 0.494 e. The minimum Gasteiger partial charge on any atom is -0.494 e. The van der Waals surface area contributed by atoms with E-state index in [0.717, 1.165) is 0 Å². The Kier molecular flexibility index (Phi) is 5.00. The van der Waals surface area contributed by atoms with E-state index >= 15 is 0 Å². The number of carbonyl (C=O) groups excluding carboxylic acids is 1. The van der Waals surface area contributed by atoms with Crippen LogP contribution in [0.5, 0.6) is 5.75 Å². The number of ether oxygens (including phenoxy) is 1. The van der Waals surface area contributed by atoms with Gasteiger partial charge < -0.3 is 15.2 Å². The van der Waals surface area contributed by atoms with Gasteiger partial charge in [-0.2, -0.15) is 0 Å². The summed E-state index contributed by atoms with van der Waals surface area (Å²) in [6.45, 7) is 2.58. The lowest BCUT2D eigenvalue weighted by atomic mass is 10.2. The molecule has 0 aromatic heterocycles. The summed E-state index contributed by atoms with van der Waals surface area (Å²) >= 11 is 0. The molecule has 0 heterocycles. The van der Waals surface area contributed by atoms with E-state index in [1.165, 1.54) is 0 Å². The van der Waals surface area contributed by atoms with E-state index in [-0.39, 0.29) is 18.9 Å². The molecular weight excluding hydrogens is 222 g/mol. The zero-order valence-electron chi connectivity index (χ0n) is 9.60. The van der Waals surface area contributed by atoms with Crippen LogP contribution in [0.1, 0.15) is 23.7 Å². The zero-order chi connectivity index (χ0) is 12.7. The third-order valence-corrected chi connectivity index (χ3v) is 2.05. The highest BCUT2D eigenvalue weighted by atomic mass is 16.5. The summed E-state index contributed by atoms with van der Waals surface area (Å²) in [5.41, 5.74) is 0.485. The highest BCUT2D eigenvalue weighted by Crippen LogP contribution is 2.11. The van der Waals surface area contributed by atoms with Crippen molar-refractivity contribution >= 4 is 11.9 Å². The van der Waals surface area contributed by atoms with Crippen LogP contribution in [0.3, 0.4) is 0 Å². The smallest absolute Gasteiger partial charge is 0.305 e. The predicted molar refractivity (Wildman–Crippen MR) is 62.2 cm³/mol. The first kappa shape index (κ1) is 13.0. The van der Waals surface area contributed by atoms with Crippen molar-refractivity contribution in [3.05, 3.63) is 29.8 Å². The molecule has 0 saturated carbocycles. The van der Waals surface area contributed by atoms with Crippen molar-refractivity contribution in [1.82, 2.24) is 5.32 Å². The Morgan fingerprint density at radius 2 is 1.94 bits per heavy atom. The standard InChI is InChI=1S/C12H15NO4/c1-2-17-10-5-3-9(4-6-10)12(16)13-8-7-11(14)15/h3-6H,2,7-8H2,1H3,(H,13,16)(H,14,15). The molecular formula is C12H15NO4. The van der Waals surface area contributed by atoms with Gasteiger partial charge in [0.05, 0.1) is 13.0 Å². The fourth-order valence-corrected chi connectivity index (χ4v) is 1.25. The Balaban J connectivity index is 2.48. The molecule has 1 rings (SSSR count). The van der Waals surface area contributed by atoms with Crippen LogP contribution < -0.4 is 10.1 Å². The molecule has 0 aliphatic carbocycles. The Morgan fingerprint density at radius 1 is 1.29 bits per heavy atom. The van der Waals surface area contributed by atoms with Gasteiger partial charge in [0, 0.05) is 12.1 Å². The summed E-state index contributed by atoms with van der Waals surface area (Å²) in [5, 5.41) is 10.9. The Hall–Kier alpha value is -2.04. The quantitative estimate of drug-likeness (QED) is 0.781. The number of hydrogen-bond donors (Lipinski definition) is 2. The number of carboxylic acids is 1. The molecule has 0 unspecified atom stereocenters. The number of amides is 1. The van der Waals surface area contributed by atoms with E-state index in [2.05, 4.69) is 5.32 Å². The summed E-state index contributed by atoms with van der Waals surface area (Å²) in [4.78, 5) is 21.8. The second kappa shape index (κ2) is 6.52. The summed E-state index contributed by atoms with van der Waals surface area (Å²) in [6, 6.07) is 6.69. The maximum Gasteiger partial charge on any atom is 0.305 e. The topological polar surface area (TPSA) is 75.6 Å². The number of aliphatic carboxylic acids is 1. The predicted octanol–water partition coefficient (Wildman–Crippen LogP) is 1.29. The molecule has 0 aliphatic rings. The zero-order valence-corrected chi connectivity index (χ0v) is 9.60. The van der Waals surface area contributed by atoms with Crippen LogP contribution in [0.4, 0.5) is 0 Å². The third-order valence-electron chi connectivity index (χ3n) is 2.05. The summed E-state index contributed by atoms with van der Waals surface area (Å²) in [5.74, 6) is -0.513. The van der Waals surface area contributed by atoms with E-state index in [9.17, 15) is 9.59 Å². The third kappa shape index (κ3) is 4.55. The van der Waals surface area contributed by atoms with Gasteiger partial charge in [0.15, 0.2) is 0 Å². The molecule has 0 atom stereocenters. The molecule has 1 aromatic carbocycles. The second-order valence-corrected chi connectivity index (χ2v) is 3.36. The van der Waals surface area contributed by atoms with Gasteiger partial charge in [-0.15, -0.1) is 0 Å². The van der Waals surface area contributed by atoms with E-state index in [0.29, 0.717) is 17.9 Å². The van der Waals surface area contributed by atoms with Crippen LogP contribution in [0.25, 0.3) is 0 Å². The van der Waals surface area contributed by atoms with Crippen molar-refractivity contribution in [2.45, 2.75) is 13.3 Å². The molecule has 5 nitrogen and oxygen atoms in total. The molecule has 17 heavy (non-hydrogen) atoms. The highest BCUT2D eigenvalue weighted by Gasteiger charge is 2.05. The number of hydrogen-bond acceptors (Lipinski definition) is 3. The Morgan fingerprint density at radius 3 is 2.47 bits per heavy atom. The lowest BCUT2D eigenvalue weighted by molar-refractivity contribution is -0.136. The van der Waals surface area contributed by atoms with Gasteiger partial charge >= 0.3 is 5.97 Å². The fourth-order valence-electron chi connectivity index (χ4n) is 1.25. The number of carbonyl (C=O) groups is 2. The monoisotopic (exact) mass is 237 g/mol. The molecule has 0 aliphatic heterocycles. The maximum absolute atomic E-state index is 11.6. The van der Waals surface area contributed by atoms with E-state index < -0.39 is 5.97 Å². The molecule has 0 fully saturated rings. The van der Waals surface area contributed by atoms with Crippen LogP contribution in [-0.2, 0) is 4.79 Å². The molecule has 2 N–H and O–H groups in total. The fraction of sp³-hybridized carbons (Fsp3) is 0.333. The molecule has 1 aromatic rings. The van der Waals surface area contributed by atoms with E-state index in [4.69, 9.17) is 9.84 Å². The average molecular weight is 237 g/mol. The Labute approximate surface area is 99.4 Å². The summed E-state index contributed by atoms with van der Waals surface area (Å²) in [6.07, 6.45) is -0.0806. The number of carboxylic acid groups (broad SMARTS) is 1. The van der Waals surface area contributed by atoms with Crippen LogP contribution in [0.15, 0.2) is 24.3 Å². The molecule has 0 radical (unpaired) electrons. The van der Waals surface area contributed by atoms with Crippen molar-refractivity contribution in [2.75, 3.05) is 13.2 Å². The molecule has 1 amide bonds. The van der Waals surface area contributed by atoms with Gasteiger partial charge in [0.2, 0.25) is 0 Å². The normalized spacial score (nSPS) is 9.71. The average Bonchev–Trinajstić information content (AvgIpc) is 2.30. The van der Waals surface area contributed by atoms with E-state index in [1.54, 1.807) is 24.3 Å². The van der Waals surface area contributed by atoms with Gasteiger partial charge in [0.25, 0.3) is 5.91 Å². The summed E-state index contributed by atoms with van der Waals surface area (Å²) in [7, 11) is 0. The number of benzene rings is 1. The van der Waals surface area contributed by atoms with Gasteiger partial charge in [-0.05, 0) is 31.2 Å². The second-order valence-electron chi connectivity index (χ2n) is 3.36. The van der Waals surface area contributed by atoms with Crippen LogP contribution in [-0.4, -0.2) is 30.1 Å². The van der Waals surface area contributed by atoms with Crippen molar-refractivity contribution < 1.29 is 19.4 Å². The summed E-state index contributed by atoms with van der Waals surface area (Å²) < 4.78 is 5.24. The lowest BCUT2D eigenvalue weighted by Crippen LogP contribution is -2.25. The number of nitrogens with one attached hydrogen (secondary N) is 1.